The van der Waals surface area contributed by atoms with E-state index in [4.69, 9.17) is 22.1 Å². The van der Waals surface area contributed by atoms with Gasteiger partial charge in [0.15, 0.2) is 0 Å². The number of nitrogen functional groups attached to an aromatic ring is 1. The second-order valence-corrected chi connectivity index (χ2v) is 4.21. The number of rotatable bonds is 2. The van der Waals surface area contributed by atoms with Gasteiger partial charge in [-0.1, -0.05) is 17.7 Å². The largest absolute Gasteiger partial charge is 0.398 e. The van der Waals surface area contributed by atoms with Gasteiger partial charge in [0.05, 0.1) is 6.10 Å². The predicted molar refractivity (Wildman–Crippen MR) is 59.8 cm³/mol. The normalized spacial score (nSPS) is 22.9. The molecule has 0 saturated carbocycles. The summed E-state index contributed by atoms with van der Waals surface area (Å²) >= 11 is 5.79. The van der Waals surface area contributed by atoms with Crippen LogP contribution < -0.4 is 5.73 Å². The zero-order chi connectivity index (χ0) is 10.8. The van der Waals surface area contributed by atoms with Gasteiger partial charge in [0, 0.05) is 22.9 Å². The molecular weight excluding hydrogens is 214 g/mol. The Bertz CT molecular complexity index is 350. The standard InChI is InChI=1S/C11H14ClNO2/c12-7-3-4-8(9(13)6-7)11(14)10-2-1-5-15-10/h3-4,6,10-11,14H,1-2,5,13H2. The third kappa shape index (κ3) is 2.25. The molecule has 4 heteroatoms. The molecule has 2 rings (SSSR count). The van der Waals surface area contributed by atoms with Crippen LogP contribution in [0.15, 0.2) is 18.2 Å². The van der Waals surface area contributed by atoms with E-state index in [1.165, 1.54) is 0 Å². The van der Waals surface area contributed by atoms with Crippen molar-refractivity contribution in [2.45, 2.75) is 25.0 Å². The van der Waals surface area contributed by atoms with Crippen LogP contribution in [0.5, 0.6) is 0 Å². The Balaban J connectivity index is 2.20. The summed E-state index contributed by atoms with van der Waals surface area (Å²) in [6.45, 7) is 0.717. The predicted octanol–water partition coefficient (Wildman–Crippen LogP) is 2.13. The van der Waals surface area contributed by atoms with Crippen molar-refractivity contribution in [1.82, 2.24) is 0 Å². The first-order valence-corrected chi connectivity index (χ1v) is 5.41. The first kappa shape index (κ1) is 10.7. The van der Waals surface area contributed by atoms with Crippen molar-refractivity contribution < 1.29 is 9.84 Å². The average molecular weight is 228 g/mol. The molecule has 2 unspecified atom stereocenters. The van der Waals surface area contributed by atoms with Gasteiger partial charge in [0.1, 0.15) is 6.10 Å². The van der Waals surface area contributed by atoms with Crippen LogP contribution in [0.4, 0.5) is 5.69 Å². The highest BCUT2D eigenvalue weighted by molar-refractivity contribution is 6.30. The number of nitrogens with two attached hydrogens (primary N) is 1. The molecule has 1 aromatic carbocycles. The van der Waals surface area contributed by atoms with Crippen LogP contribution >= 0.6 is 11.6 Å². The van der Waals surface area contributed by atoms with E-state index in [0.717, 1.165) is 19.4 Å². The van der Waals surface area contributed by atoms with Crippen LogP contribution in [0, 0.1) is 0 Å². The van der Waals surface area contributed by atoms with Gasteiger partial charge in [0.2, 0.25) is 0 Å². The fourth-order valence-corrected chi connectivity index (χ4v) is 2.05. The van der Waals surface area contributed by atoms with Crippen molar-refractivity contribution in [3.63, 3.8) is 0 Å². The highest BCUT2D eigenvalue weighted by atomic mass is 35.5. The van der Waals surface area contributed by atoms with E-state index in [9.17, 15) is 5.11 Å². The minimum absolute atomic E-state index is 0.131. The minimum Gasteiger partial charge on any atom is -0.398 e. The summed E-state index contributed by atoms with van der Waals surface area (Å²) in [7, 11) is 0. The fourth-order valence-electron chi connectivity index (χ4n) is 1.87. The Labute approximate surface area is 93.8 Å². The van der Waals surface area contributed by atoms with E-state index in [-0.39, 0.29) is 6.10 Å². The lowest BCUT2D eigenvalue weighted by molar-refractivity contribution is -0.00222. The Morgan fingerprint density at radius 2 is 2.33 bits per heavy atom. The number of hydrogen-bond acceptors (Lipinski definition) is 3. The summed E-state index contributed by atoms with van der Waals surface area (Å²) in [5, 5.41) is 10.6. The SMILES string of the molecule is Nc1cc(Cl)ccc1C(O)C1CCCO1. The smallest absolute Gasteiger partial charge is 0.107 e. The summed E-state index contributed by atoms with van der Waals surface area (Å²) in [4.78, 5) is 0. The van der Waals surface area contributed by atoms with Gasteiger partial charge in [-0.05, 0) is 25.0 Å². The van der Waals surface area contributed by atoms with Gasteiger partial charge in [0.25, 0.3) is 0 Å². The van der Waals surface area contributed by atoms with Crippen LogP contribution in [0.2, 0.25) is 5.02 Å². The average Bonchev–Trinajstić information content (AvgIpc) is 2.69. The van der Waals surface area contributed by atoms with E-state index in [2.05, 4.69) is 0 Å². The Hall–Kier alpha value is -0.770. The molecule has 1 aliphatic heterocycles. The molecule has 3 nitrogen and oxygen atoms in total. The summed E-state index contributed by atoms with van der Waals surface area (Å²) in [6, 6.07) is 5.13. The quantitative estimate of drug-likeness (QED) is 0.762. The maximum absolute atomic E-state index is 10.0. The molecule has 0 radical (unpaired) electrons. The summed E-state index contributed by atoms with van der Waals surface area (Å²) in [5.41, 5.74) is 7.01. The molecule has 0 amide bonds. The number of anilines is 1. The van der Waals surface area contributed by atoms with E-state index < -0.39 is 6.10 Å². The van der Waals surface area contributed by atoms with Crippen LogP contribution in [0.3, 0.4) is 0 Å². The van der Waals surface area contributed by atoms with E-state index in [0.29, 0.717) is 16.3 Å². The van der Waals surface area contributed by atoms with E-state index in [1.54, 1.807) is 18.2 Å². The lowest BCUT2D eigenvalue weighted by Crippen LogP contribution is -2.18. The molecule has 1 aliphatic rings. The molecular formula is C11H14ClNO2. The topological polar surface area (TPSA) is 55.5 Å². The molecule has 1 saturated heterocycles. The molecule has 1 heterocycles. The molecule has 0 spiro atoms. The van der Waals surface area contributed by atoms with Gasteiger partial charge >= 0.3 is 0 Å². The van der Waals surface area contributed by atoms with Crippen LogP contribution in [0.25, 0.3) is 0 Å². The zero-order valence-electron chi connectivity index (χ0n) is 8.32. The first-order chi connectivity index (χ1) is 7.18. The summed E-state index contributed by atoms with van der Waals surface area (Å²) in [6.07, 6.45) is 1.09. The molecule has 3 N–H and O–H groups in total. The van der Waals surface area contributed by atoms with Gasteiger partial charge < -0.3 is 15.6 Å². The van der Waals surface area contributed by atoms with Crippen molar-refractivity contribution in [3.8, 4) is 0 Å². The molecule has 2 atom stereocenters. The third-order valence-corrected chi connectivity index (χ3v) is 2.92. The molecule has 0 aliphatic carbocycles. The monoisotopic (exact) mass is 227 g/mol. The minimum atomic E-state index is -0.648. The number of ether oxygens (including phenoxy) is 1. The molecule has 1 aromatic rings. The zero-order valence-corrected chi connectivity index (χ0v) is 9.07. The van der Waals surface area contributed by atoms with E-state index >= 15 is 0 Å². The van der Waals surface area contributed by atoms with Gasteiger partial charge in [-0.2, -0.15) is 0 Å². The van der Waals surface area contributed by atoms with Crippen molar-refractivity contribution in [1.29, 1.82) is 0 Å². The Morgan fingerprint density at radius 1 is 1.53 bits per heavy atom. The number of aliphatic hydroxyl groups excluding tert-OH is 1. The highest BCUT2D eigenvalue weighted by Gasteiger charge is 2.26. The van der Waals surface area contributed by atoms with Gasteiger partial charge in [-0.3, -0.25) is 0 Å². The Morgan fingerprint density at radius 3 is 2.93 bits per heavy atom. The van der Waals surface area contributed by atoms with Crippen LogP contribution in [0.1, 0.15) is 24.5 Å². The molecule has 82 valence electrons. The van der Waals surface area contributed by atoms with Crippen molar-refractivity contribution in [2.75, 3.05) is 12.3 Å². The number of aliphatic hydroxyl groups is 1. The third-order valence-electron chi connectivity index (χ3n) is 2.68. The number of benzene rings is 1. The molecule has 15 heavy (non-hydrogen) atoms. The summed E-state index contributed by atoms with van der Waals surface area (Å²) in [5.74, 6) is 0. The van der Waals surface area contributed by atoms with E-state index in [1.807, 2.05) is 0 Å². The fraction of sp³-hybridized carbons (Fsp3) is 0.455. The van der Waals surface area contributed by atoms with Crippen molar-refractivity contribution >= 4 is 17.3 Å². The summed E-state index contributed by atoms with van der Waals surface area (Å²) < 4.78 is 5.42. The number of hydrogen-bond donors (Lipinski definition) is 2. The lowest BCUT2D eigenvalue weighted by atomic mass is 10.0. The first-order valence-electron chi connectivity index (χ1n) is 5.03. The lowest BCUT2D eigenvalue weighted by Gasteiger charge is -2.19. The van der Waals surface area contributed by atoms with Gasteiger partial charge in [-0.25, -0.2) is 0 Å². The molecule has 1 fully saturated rings. The molecule has 0 aromatic heterocycles. The second kappa shape index (κ2) is 4.39. The maximum Gasteiger partial charge on any atom is 0.107 e. The Kier molecular flexibility index (Phi) is 3.14. The maximum atomic E-state index is 10.0. The van der Waals surface area contributed by atoms with Gasteiger partial charge in [-0.15, -0.1) is 0 Å². The van der Waals surface area contributed by atoms with Crippen molar-refractivity contribution in [3.05, 3.63) is 28.8 Å². The molecule has 0 bridgehead atoms. The van der Waals surface area contributed by atoms with Crippen molar-refractivity contribution in [2.24, 2.45) is 0 Å². The van der Waals surface area contributed by atoms with Crippen LogP contribution in [-0.4, -0.2) is 17.8 Å². The second-order valence-electron chi connectivity index (χ2n) is 3.77. The van der Waals surface area contributed by atoms with Crippen LogP contribution in [-0.2, 0) is 4.74 Å². The number of halogens is 1. The highest BCUT2D eigenvalue weighted by Crippen LogP contribution is 2.31.